The normalized spacial score (nSPS) is 16.1. The van der Waals surface area contributed by atoms with Gasteiger partial charge in [0.05, 0.1) is 18.2 Å². The molecule has 6 heteroatoms. The van der Waals surface area contributed by atoms with Crippen LogP contribution in [0, 0.1) is 6.92 Å². The van der Waals surface area contributed by atoms with Gasteiger partial charge in [-0.3, -0.25) is 0 Å². The van der Waals surface area contributed by atoms with Crippen molar-refractivity contribution in [1.82, 2.24) is 10.6 Å². The van der Waals surface area contributed by atoms with Crippen molar-refractivity contribution in [2.45, 2.75) is 39.7 Å². The summed E-state index contributed by atoms with van der Waals surface area (Å²) in [5, 5.41) is 5.60. The maximum Gasteiger partial charge on any atom is 0.338 e. The molecule has 1 atom stereocenters. The Bertz CT molecular complexity index is 919. The van der Waals surface area contributed by atoms with Crippen LogP contribution in [0.15, 0.2) is 59.8 Å². The Kier molecular flexibility index (Phi) is 6.54. The number of allylic oxidation sites excluding steroid dienone is 1. The molecule has 0 saturated carbocycles. The SMILES string of the molecule is CCCC1=C(C(=O)OCC)C(c2ccc(Oc3ccccc3C)cc2)NC(=O)N1. The second-order valence-corrected chi connectivity index (χ2v) is 6.83. The summed E-state index contributed by atoms with van der Waals surface area (Å²) in [5.74, 6) is 1.04. The van der Waals surface area contributed by atoms with Crippen LogP contribution in [0.3, 0.4) is 0 Å². The van der Waals surface area contributed by atoms with Gasteiger partial charge in [-0.1, -0.05) is 43.7 Å². The Morgan fingerprint density at radius 1 is 1.07 bits per heavy atom. The van der Waals surface area contributed by atoms with Crippen LogP contribution in [0.5, 0.6) is 11.5 Å². The molecule has 1 aliphatic rings. The molecule has 0 spiro atoms. The number of aryl methyl sites for hydroxylation is 1. The first-order valence-corrected chi connectivity index (χ1v) is 9.84. The van der Waals surface area contributed by atoms with E-state index in [1.54, 1.807) is 6.92 Å². The van der Waals surface area contributed by atoms with E-state index in [1.807, 2.05) is 62.4 Å². The molecule has 3 rings (SSSR count). The Morgan fingerprint density at radius 2 is 1.79 bits per heavy atom. The molecule has 0 radical (unpaired) electrons. The van der Waals surface area contributed by atoms with Crippen molar-refractivity contribution in [3.8, 4) is 11.5 Å². The summed E-state index contributed by atoms with van der Waals surface area (Å²) in [6, 6.07) is 14.3. The summed E-state index contributed by atoms with van der Waals surface area (Å²) >= 11 is 0. The van der Waals surface area contributed by atoms with Gasteiger partial charge in [0.1, 0.15) is 11.5 Å². The van der Waals surface area contributed by atoms with Gasteiger partial charge in [0, 0.05) is 5.70 Å². The van der Waals surface area contributed by atoms with Crippen LogP contribution in [0.1, 0.15) is 43.9 Å². The van der Waals surface area contributed by atoms with E-state index in [-0.39, 0.29) is 12.6 Å². The Hall–Kier alpha value is -3.28. The van der Waals surface area contributed by atoms with E-state index in [1.165, 1.54) is 0 Å². The van der Waals surface area contributed by atoms with Crippen molar-refractivity contribution in [2.24, 2.45) is 0 Å². The summed E-state index contributed by atoms with van der Waals surface area (Å²) < 4.78 is 11.2. The largest absolute Gasteiger partial charge is 0.463 e. The van der Waals surface area contributed by atoms with E-state index in [0.717, 1.165) is 23.3 Å². The third kappa shape index (κ3) is 4.77. The number of hydrogen-bond acceptors (Lipinski definition) is 4. The molecular formula is C23H26N2O4. The lowest BCUT2D eigenvalue weighted by atomic mass is 9.94. The van der Waals surface area contributed by atoms with Crippen molar-refractivity contribution in [2.75, 3.05) is 6.61 Å². The topological polar surface area (TPSA) is 76.7 Å². The van der Waals surface area contributed by atoms with Gasteiger partial charge < -0.3 is 20.1 Å². The summed E-state index contributed by atoms with van der Waals surface area (Å²) in [4.78, 5) is 24.8. The molecule has 0 fully saturated rings. The molecule has 0 bridgehead atoms. The number of rotatable bonds is 7. The Morgan fingerprint density at radius 3 is 2.45 bits per heavy atom. The molecule has 6 nitrogen and oxygen atoms in total. The zero-order valence-corrected chi connectivity index (χ0v) is 17.0. The molecule has 0 saturated heterocycles. The van der Waals surface area contributed by atoms with Crippen molar-refractivity contribution in [1.29, 1.82) is 0 Å². The van der Waals surface area contributed by atoms with Crippen molar-refractivity contribution >= 4 is 12.0 Å². The highest BCUT2D eigenvalue weighted by atomic mass is 16.5. The van der Waals surface area contributed by atoms with Crippen LogP contribution in [0.25, 0.3) is 0 Å². The van der Waals surface area contributed by atoms with Gasteiger partial charge >= 0.3 is 12.0 Å². The predicted molar refractivity (Wildman–Crippen MR) is 111 cm³/mol. The van der Waals surface area contributed by atoms with Crippen LogP contribution in [-0.2, 0) is 9.53 Å². The lowest BCUT2D eigenvalue weighted by Gasteiger charge is -2.29. The van der Waals surface area contributed by atoms with Gasteiger partial charge in [-0.25, -0.2) is 9.59 Å². The maximum atomic E-state index is 12.6. The number of hydrogen-bond donors (Lipinski definition) is 2. The average molecular weight is 394 g/mol. The van der Waals surface area contributed by atoms with Crippen LogP contribution in [0.2, 0.25) is 0 Å². The van der Waals surface area contributed by atoms with Gasteiger partial charge in [0.15, 0.2) is 0 Å². The third-order valence-electron chi connectivity index (χ3n) is 4.68. The highest BCUT2D eigenvalue weighted by Gasteiger charge is 2.33. The first kappa shape index (κ1) is 20.5. The zero-order chi connectivity index (χ0) is 20.8. The summed E-state index contributed by atoms with van der Waals surface area (Å²) in [5.41, 5.74) is 2.88. The number of carbonyl (C=O) groups excluding carboxylic acids is 2. The lowest BCUT2D eigenvalue weighted by Crippen LogP contribution is -2.46. The summed E-state index contributed by atoms with van der Waals surface area (Å²) in [7, 11) is 0. The number of para-hydroxylation sites is 1. The second-order valence-electron chi connectivity index (χ2n) is 6.83. The molecule has 2 aromatic carbocycles. The number of carbonyl (C=O) groups is 2. The fourth-order valence-electron chi connectivity index (χ4n) is 3.29. The van der Waals surface area contributed by atoms with Crippen LogP contribution < -0.4 is 15.4 Å². The minimum atomic E-state index is -0.572. The zero-order valence-electron chi connectivity index (χ0n) is 17.0. The first-order chi connectivity index (χ1) is 14.0. The number of amides is 2. The van der Waals surface area contributed by atoms with E-state index in [0.29, 0.717) is 23.4 Å². The molecule has 1 unspecified atom stereocenters. The summed E-state index contributed by atoms with van der Waals surface area (Å²) in [6.07, 6.45) is 1.39. The lowest BCUT2D eigenvalue weighted by molar-refractivity contribution is -0.139. The van der Waals surface area contributed by atoms with E-state index in [2.05, 4.69) is 10.6 Å². The molecular weight excluding hydrogens is 368 g/mol. The van der Waals surface area contributed by atoms with Gasteiger partial charge in [-0.2, -0.15) is 0 Å². The predicted octanol–water partition coefficient (Wildman–Crippen LogP) is 4.76. The Balaban J connectivity index is 1.90. The molecule has 2 aromatic rings. The fraction of sp³-hybridized carbons (Fsp3) is 0.304. The number of benzene rings is 2. The minimum absolute atomic E-state index is 0.269. The number of esters is 1. The molecule has 2 N–H and O–H groups in total. The van der Waals surface area contributed by atoms with Crippen molar-refractivity contribution in [3.05, 3.63) is 70.9 Å². The van der Waals surface area contributed by atoms with E-state index in [4.69, 9.17) is 9.47 Å². The molecule has 152 valence electrons. The van der Waals surface area contributed by atoms with Crippen LogP contribution in [0.4, 0.5) is 4.79 Å². The first-order valence-electron chi connectivity index (χ1n) is 9.84. The average Bonchev–Trinajstić information content (AvgIpc) is 2.70. The number of ether oxygens (including phenoxy) is 2. The van der Waals surface area contributed by atoms with Crippen molar-refractivity contribution < 1.29 is 19.1 Å². The maximum absolute atomic E-state index is 12.6. The monoisotopic (exact) mass is 394 g/mol. The highest BCUT2D eigenvalue weighted by Crippen LogP contribution is 2.31. The quantitative estimate of drug-likeness (QED) is 0.664. The molecule has 0 aliphatic carbocycles. The standard InChI is InChI=1S/C23H26N2O4/c1-4-8-18-20(22(26)28-5-2)21(25-23(27)24-18)16-11-13-17(14-12-16)29-19-10-7-6-9-15(19)3/h6-7,9-14,21H,4-5,8H2,1-3H3,(H2,24,25,27). The minimum Gasteiger partial charge on any atom is -0.463 e. The van der Waals surface area contributed by atoms with Gasteiger partial charge in [0.25, 0.3) is 0 Å². The molecule has 0 aromatic heterocycles. The van der Waals surface area contributed by atoms with Gasteiger partial charge in [-0.05, 0) is 49.6 Å². The number of urea groups is 1. The molecule has 29 heavy (non-hydrogen) atoms. The third-order valence-corrected chi connectivity index (χ3v) is 4.68. The number of nitrogens with one attached hydrogen (secondary N) is 2. The van der Waals surface area contributed by atoms with E-state index < -0.39 is 12.0 Å². The Labute approximate surface area is 170 Å². The van der Waals surface area contributed by atoms with Crippen molar-refractivity contribution in [3.63, 3.8) is 0 Å². The summed E-state index contributed by atoms with van der Waals surface area (Å²) in [6.45, 7) is 6.02. The highest BCUT2D eigenvalue weighted by molar-refractivity contribution is 5.95. The smallest absolute Gasteiger partial charge is 0.338 e. The van der Waals surface area contributed by atoms with E-state index in [9.17, 15) is 9.59 Å². The van der Waals surface area contributed by atoms with Gasteiger partial charge in [0.2, 0.25) is 0 Å². The fourth-order valence-corrected chi connectivity index (χ4v) is 3.29. The molecule has 1 aliphatic heterocycles. The molecule has 2 amide bonds. The van der Waals surface area contributed by atoms with E-state index >= 15 is 0 Å². The van der Waals surface area contributed by atoms with Crippen LogP contribution >= 0.6 is 0 Å². The van der Waals surface area contributed by atoms with Gasteiger partial charge in [-0.15, -0.1) is 0 Å². The molecule has 1 heterocycles. The van der Waals surface area contributed by atoms with Crippen LogP contribution in [-0.4, -0.2) is 18.6 Å². The second kappa shape index (κ2) is 9.28.